The average molecular weight is 503 g/mol. The van der Waals surface area contributed by atoms with Crippen LogP contribution in [0.2, 0.25) is 0 Å². The zero-order chi connectivity index (χ0) is 20.0. The first-order valence-electron chi connectivity index (χ1n) is 8.48. The molecule has 0 aliphatic heterocycles. The summed E-state index contributed by atoms with van der Waals surface area (Å²) in [5.74, 6) is -0.934. The van der Waals surface area contributed by atoms with E-state index in [-0.39, 0.29) is 22.8 Å². The molecular weight excluding hydrogens is 481 g/mol. The number of sulfonamides is 1. The van der Waals surface area contributed by atoms with Crippen LogP contribution in [0, 0.1) is 10.5 Å². The Balaban J connectivity index is 2.38. The van der Waals surface area contributed by atoms with Crippen LogP contribution in [0.15, 0.2) is 47.4 Å². The van der Waals surface area contributed by atoms with Gasteiger partial charge >= 0.3 is 5.97 Å². The van der Waals surface area contributed by atoms with E-state index >= 15 is 0 Å². The lowest BCUT2D eigenvalue weighted by molar-refractivity contribution is -0.146. The molecule has 0 radical (unpaired) electrons. The molecule has 0 aliphatic rings. The number of esters is 1. The van der Waals surface area contributed by atoms with E-state index in [9.17, 15) is 18.3 Å². The van der Waals surface area contributed by atoms with E-state index in [0.717, 1.165) is 15.6 Å². The van der Waals surface area contributed by atoms with E-state index in [1.165, 1.54) is 18.2 Å². The fourth-order valence-electron chi connectivity index (χ4n) is 2.34. The molecule has 0 spiro atoms. The Bertz CT molecular complexity index is 897. The second-order valence-corrected chi connectivity index (χ2v) is 9.05. The highest BCUT2D eigenvalue weighted by atomic mass is 127. The van der Waals surface area contributed by atoms with Crippen molar-refractivity contribution in [3.05, 3.63) is 57.2 Å². The van der Waals surface area contributed by atoms with Crippen molar-refractivity contribution in [2.75, 3.05) is 6.61 Å². The van der Waals surface area contributed by atoms with Crippen LogP contribution in [0.5, 0.6) is 5.75 Å². The highest BCUT2D eigenvalue weighted by molar-refractivity contribution is 14.1. The first-order chi connectivity index (χ1) is 12.7. The third-order valence-electron chi connectivity index (χ3n) is 3.88. The zero-order valence-corrected chi connectivity index (χ0v) is 18.1. The van der Waals surface area contributed by atoms with Crippen molar-refractivity contribution in [3.8, 4) is 5.75 Å². The van der Waals surface area contributed by atoms with Crippen LogP contribution >= 0.6 is 22.6 Å². The predicted molar refractivity (Wildman–Crippen MR) is 111 cm³/mol. The Hall–Kier alpha value is -1.65. The number of unbranched alkanes of at least 4 members (excludes halogenated alkanes) is 1. The predicted octanol–water partition coefficient (Wildman–Crippen LogP) is 3.67. The molecule has 27 heavy (non-hydrogen) atoms. The van der Waals surface area contributed by atoms with Gasteiger partial charge in [0.15, 0.2) is 0 Å². The molecular formula is C19H22INO5S. The van der Waals surface area contributed by atoms with E-state index in [1.54, 1.807) is 24.3 Å². The number of phenolic OH excluding ortho intramolecular Hbond substituents is 1. The van der Waals surface area contributed by atoms with Crippen molar-refractivity contribution < 1.29 is 23.1 Å². The van der Waals surface area contributed by atoms with E-state index in [2.05, 4.69) is 4.72 Å². The summed E-state index contributed by atoms with van der Waals surface area (Å²) in [5, 5.41) is 10.2. The minimum Gasteiger partial charge on any atom is -0.508 e. The lowest BCUT2D eigenvalue weighted by Crippen LogP contribution is -2.35. The lowest BCUT2D eigenvalue weighted by atomic mass is 10.1. The Kier molecular flexibility index (Phi) is 7.63. The molecule has 2 rings (SSSR count). The lowest BCUT2D eigenvalue weighted by Gasteiger charge is -2.19. The van der Waals surface area contributed by atoms with Crippen LogP contribution in [0.3, 0.4) is 0 Å². The topological polar surface area (TPSA) is 92.7 Å². The van der Waals surface area contributed by atoms with Gasteiger partial charge in [0.2, 0.25) is 10.0 Å². The van der Waals surface area contributed by atoms with Crippen molar-refractivity contribution in [2.45, 2.75) is 37.6 Å². The van der Waals surface area contributed by atoms with Gasteiger partial charge in [-0.2, -0.15) is 4.72 Å². The molecule has 1 unspecified atom stereocenters. The third-order valence-corrected chi connectivity index (χ3v) is 5.99. The van der Waals surface area contributed by atoms with Crippen LogP contribution in [-0.2, 0) is 19.6 Å². The number of rotatable bonds is 8. The molecule has 0 heterocycles. The van der Waals surface area contributed by atoms with Gasteiger partial charge in [0.25, 0.3) is 0 Å². The molecule has 0 saturated carbocycles. The van der Waals surface area contributed by atoms with Crippen LogP contribution in [0.1, 0.15) is 36.9 Å². The van der Waals surface area contributed by atoms with Crippen molar-refractivity contribution in [1.29, 1.82) is 0 Å². The summed E-state index contributed by atoms with van der Waals surface area (Å²) >= 11 is 2.03. The van der Waals surface area contributed by atoms with E-state index in [0.29, 0.717) is 6.42 Å². The maximum Gasteiger partial charge on any atom is 0.328 e. The summed E-state index contributed by atoms with van der Waals surface area (Å²) in [6.07, 6.45) is 1.50. The Morgan fingerprint density at radius 3 is 2.52 bits per heavy atom. The van der Waals surface area contributed by atoms with E-state index < -0.39 is 22.0 Å². The second kappa shape index (κ2) is 9.52. The van der Waals surface area contributed by atoms with E-state index in [1.807, 2.05) is 36.4 Å². The van der Waals surface area contributed by atoms with Crippen LogP contribution in [0.25, 0.3) is 0 Å². The van der Waals surface area contributed by atoms with Crippen molar-refractivity contribution in [3.63, 3.8) is 0 Å². The average Bonchev–Trinajstić information content (AvgIpc) is 2.62. The summed E-state index contributed by atoms with van der Waals surface area (Å²) in [4.78, 5) is 12.6. The molecule has 0 fully saturated rings. The highest BCUT2D eigenvalue weighted by Crippen LogP contribution is 2.28. The molecule has 2 aromatic rings. The van der Waals surface area contributed by atoms with Gasteiger partial charge in [-0.3, -0.25) is 0 Å². The number of ether oxygens (including phenoxy) is 1. The number of phenols is 1. The summed E-state index contributed by atoms with van der Waals surface area (Å²) in [6.45, 7) is 3.99. The molecule has 0 amide bonds. The molecule has 0 aliphatic carbocycles. The van der Waals surface area contributed by atoms with Crippen molar-refractivity contribution in [1.82, 2.24) is 4.72 Å². The maximum absolute atomic E-state index is 12.8. The highest BCUT2D eigenvalue weighted by Gasteiger charge is 2.30. The Morgan fingerprint density at radius 2 is 1.89 bits per heavy atom. The number of nitrogens with one attached hydrogen (secondary N) is 1. The first kappa shape index (κ1) is 21.6. The van der Waals surface area contributed by atoms with Gasteiger partial charge in [-0.05, 0) is 66.3 Å². The SMILES string of the molecule is CCCCOC(=O)C(NS(=O)(=O)c1ccc(C)cc1)c1cc(I)ccc1O. The molecule has 0 bridgehead atoms. The Morgan fingerprint density at radius 1 is 1.22 bits per heavy atom. The summed E-state index contributed by atoms with van der Waals surface area (Å²) in [6, 6.07) is 9.56. The van der Waals surface area contributed by atoms with Crippen molar-refractivity contribution >= 4 is 38.6 Å². The number of carbonyl (C=O) groups excluding carboxylic acids is 1. The standard InChI is InChI=1S/C19H22INO5S/c1-3-4-11-26-19(23)18(16-12-14(20)7-10-17(16)22)21-27(24,25)15-8-5-13(2)6-9-15/h5-10,12,18,21-22H,3-4,11H2,1-2H3. The van der Waals surface area contributed by atoms with Gasteiger partial charge in [0.05, 0.1) is 11.5 Å². The first-order valence-corrected chi connectivity index (χ1v) is 11.0. The van der Waals surface area contributed by atoms with Gasteiger partial charge in [0.1, 0.15) is 11.8 Å². The number of aromatic hydroxyl groups is 1. The fourth-order valence-corrected chi connectivity index (χ4v) is 4.02. The smallest absolute Gasteiger partial charge is 0.328 e. The molecule has 6 nitrogen and oxygen atoms in total. The van der Waals surface area contributed by atoms with Crippen LogP contribution in [0.4, 0.5) is 0 Å². The summed E-state index contributed by atoms with van der Waals surface area (Å²) in [5.41, 5.74) is 1.07. The normalized spacial score (nSPS) is 12.6. The molecule has 2 N–H and O–H groups in total. The fraction of sp³-hybridized carbons (Fsp3) is 0.316. The van der Waals surface area contributed by atoms with Gasteiger partial charge < -0.3 is 9.84 Å². The molecule has 8 heteroatoms. The summed E-state index contributed by atoms with van der Waals surface area (Å²) < 4.78 is 33.9. The van der Waals surface area contributed by atoms with Gasteiger partial charge in [0, 0.05) is 9.13 Å². The van der Waals surface area contributed by atoms with E-state index in [4.69, 9.17) is 4.74 Å². The summed E-state index contributed by atoms with van der Waals surface area (Å²) in [7, 11) is -3.99. The quantitative estimate of drug-likeness (QED) is 0.326. The minimum absolute atomic E-state index is 0.0320. The van der Waals surface area contributed by atoms with Gasteiger partial charge in [-0.1, -0.05) is 31.0 Å². The number of halogens is 1. The van der Waals surface area contributed by atoms with Gasteiger partial charge in [-0.15, -0.1) is 0 Å². The number of benzene rings is 2. The molecule has 146 valence electrons. The third kappa shape index (κ3) is 5.91. The van der Waals surface area contributed by atoms with Gasteiger partial charge in [-0.25, -0.2) is 13.2 Å². The van der Waals surface area contributed by atoms with Crippen LogP contribution < -0.4 is 4.72 Å². The number of hydrogen-bond acceptors (Lipinski definition) is 5. The minimum atomic E-state index is -3.99. The largest absolute Gasteiger partial charge is 0.508 e. The van der Waals surface area contributed by atoms with Crippen molar-refractivity contribution in [2.24, 2.45) is 0 Å². The molecule has 2 aromatic carbocycles. The molecule has 0 saturated heterocycles. The Labute approximate surface area is 173 Å². The number of hydrogen-bond donors (Lipinski definition) is 2. The zero-order valence-electron chi connectivity index (χ0n) is 15.1. The monoisotopic (exact) mass is 503 g/mol. The number of carbonyl (C=O) groups is 1. The molecule has 1 atom stereocenters. The maximum atomic E-state index is 12.8. The second-order valence-electron chi connectivity index (χ2n) is 6.09. The molecule has 0 aromatic heterocycles. The van der Waals surface area contributed by atoms with Crippen LogP contribution in [-0.4, -0.2) is 26.1 Å². The number of aryl methyl sites for hydroxylation is 1.